The fourth-order valence-electron chi connectivity index (χ4n) is 1.81. The van der Waals surface area contributed by atoms with Gasteiger partial charge in [-0.15, -0.1) is 0 Å². The lowest BCUT2D eigenvalue weighted by molar-refractivity contribution is -0.299. The molecule has 192 valence electrons. The lowest BCUT2D eigenvalue weighted by Gasteiger charge is -2.04. The van der Waals surface area contributed by atoms with E-state index in [4.69, 9.17) is 0 Å². The fraction of sp³-hybridized carbons (Fsp3) is 0.400. The highest BCUT2D eigenvalue weighted by atomic mass is 32.3. The Balaban J connectivity index is 0. The number of hydrogen-bond donors (Lipinski definition) is 0. The summed E-state index contributed by atoms with van der Waals surface area (Å²) >= 11 is 0. The van der Waals surface area contributed by atoms with E-state index < -0.39 is 16.4 Å². The summed E-state index contributed by atoms with van der Waals surface area (Å²) in [6.45, 7) is 13.6. The van der Waals surface area contributed by atoms with Gasteiger partial charge >= 0.3 is 0 Å². The molecular weight excluding hydrogens is 492 g/mol. The molecule has 0 amide bonds. The summed E-state index contributed by atoms with van der Waals surface area (Å²) in [6.07, 6.45) is 4.61. The molecule has 34 heavy (non-hydrogen) atoms. The monoisotopic (exact) mass is 530 g/mol. The molecule has 0 fully saturated rings. The van der Waals surface area contributed by atoms with Gasteiger partial charge in [-0.2, -0.15) is 0 Å². The average Bonchev–Trinajstić information content (AvgIpc) is 2.79. The van der Waals surface area contributed by atoms with E-state index in [0.29, 0.717) is 21.8 Å². The summed E-state index contributed by atoms with van der Waals surface area (Å²) in [5.74, 6) is -1.19. The largest absolute Gasteiger partial charge is 0.726 e. The van der Waals surface area contributed by atoms with Crippen molar-refractivity contribution in [2.75, 3.05) is 19.6 Å². The zero-order chi connectivity index (χ0) is 26.9. The van der Waals surface area contributed by atoms with E-state index in [2.05, 4.69) is 112 Å². The molecular formula is C25H38O6S3. The van der Waals surface area contributed by atoms with Gasteiger partial charge < -0.3 is 14.5 Å². The van der Waals surface area contributed by atoms with Gasteiger partial charge in [-0.05, 0) is 64.5 Å². The number of benzene rings is 2. The van der Waals surface area contributed by atoms with Crippen molar-refractivity contribution in [3.05, 3.63) is 72.8 Å². The molecule has 0 bridgehead atoms. The Bertz CT molecular complexity index is 853. The molecule has 2 aromatic carbocycles. The number of carbonyl (C=O) groups excluding carboxylic acids is 1. The molecule has 2 rings (SSSR count). The van der Waals surface area contributed by atoms with Crippen LogP contribution in [-0.4, -0.2) is 49.1 Å². The van der Waals surface area contributed by atoms with Crippen molar-refractivity contribution in [2.24, 2.45) is 0 Å². The second-order valence-electron chi connectivity index (χ2n) is 7.48. The number of hydrogen-bond acceptors (Lipinski definition) is 6. The van der Waals surface area contributed by atoms with Crippen LogP contribution in [0, 0.1) is 0 Å². The van der Waals surface area contributed by atoms with Crippen LogP contribution in [0.3, 0.4) is 0 Å². The van der Waals surface area contributed by atoms with Crippen LogP contribution in [0.5, 0.6) is 0 Å². The van der Waals surface area contributed by atoms with E-state index in [1.54, 1.807) is 0 Å². The Hall–Kier alpha value is -1.78. The average molecular weight is 531 g/mol. The molecule has 0 saturated heterocycles. The first kappa shape index (κ1) is 34.4. The topological polar surface area (TPSA) is 107 Å². The van der Waals surface area contributed by atoms with Gasteiger partial charge in [0.1, 0.15) is 23.0 Å². The van der Waals surface area contributed by atoms with Crippen LogP contribution < -0.4 is 5.11 Å². The Morgan fingerprint density at radius 3 is 1.24 bits per heavy atom. The zero-order valence-electron chi connectivity index (χ0n) is 21.3. The van der Waals surface area contributed by atoms with E-state index in [1.165, 1.54) is 16.7 Å². The van der Waals surface area contributed by atoms with Crippen molar-refractivity contribution in [3.8, 4) is 0 Å². The molecule has 0 aliphatic heterocycles. The van der Waals surface area contributed by atoms with Gasteiger partial charge in [0, 0.05) is 21.8 Å². The summed E-state index contributed by atoms with van der Waals surface area (Å²) in [6, 6.07) is 21.4. The van der Waals surface area contributed by atoms with E-state index in [1.807, 2.05) is 0 Å². The highest BCUT2D eigenvalue weighted by Crippen LogP contribution is 2.15. The molecule has 2 aromatic rings. The third kappa shape index (κ3) is 18.6. The predicted octanol–water partition coefficient (Wildman–Crippen LogP) is 3.81. The maximum absolute atomic E-state index is 9.49. The third-order valence-electron chi connectivity index (χ3n) is 4.20. The molecule has 0 saturated carbocycles. The van der Waals surface area contributed by atoms with E-state index >= 15 is 0 Å². The summed E-state index contributed by atoms with van der Waals surface area (Å²) in [7, 11) is -2.77. The Labute approximate surface area is 212 Å². The van der Waals surface area contributed by atoms with Gasteiger partial charge in [0.15, 0.2) is 9.79 Å². The van der Waals surface area contributed by atoms with Crippen LogP contribution in [0.4, 0.5) is 0 Å². The molecule has 0 radical (unpaired) electrons. The van der Waals surface area contributed by atoms with Gasteiger partial charge in [0.25, 0.3) is 0 Å². The van der Waals surface area contributed by atoms with Gasteiger partial charge in [-0.25, -0.2) is 8.42 Å². The molecule has 0 aromatic heterocycles. The lowest BCUT2D eigenvalue weighted by Crippen LogP contribution is -2.22. The maximum Gasteiger partial charge on any atom is 0.217 e. The SMILES string of the molecule is C=C(C)C(=O)[O-].CC(C)[S+](C)c1ccccc1.CC(C)[S+](C)c1ccccc1.COS(=O)(=O)[O-]. The molecule has 2 atom stereocenters. The predicted molar refractivity (Wildman–Crippen MR) is 143 cm³/mol. The normalized spacial score (nSPS) is 12.1. The van der Waals surface area contributed by atoms with Crippen LogP contribution in [0.1, 0.15) is 34.6 Å². The summed E-state index contributed by atoms with van der Waals surface area (Å²) in [5, 5.41) is 11.0. The summed E-state index contributed by atoms with van der Waals surface area (Å²) < 4.78 is 31.0. The first-order valence-electron chi connectivity index (χ1n) is 10.4. The number of carboxylic acid groups (broad SMARTS) is 1. The fourth-order valence-corrected chi connectivity index (χ4v) is 4.08. The number of rotatable bonds is 6. The molecule has 6 nitrogen and oxygen atoms in total. The molecule has 0 spiro atoms. The Kier molecular flexibility index (Phi) is 18.7. The smallest absolute Gasteiger partial charge is 0.217 e. The third-order valence-corrected chi connectivity index (χ3v) is 9.46. The van der Waals surface area contributed by atoms with E-state index in [0.717, 1.165) is 17.6 Å². The second-order valence-corrected chi connectivity index (χ2v) is 13.7. The quantitative estimate of drug-likeness (QED) is 0.243. The Morgan fingerprint density at radius 1 is 0.853 bits per heavy atom. The van der Waals surface area contributed by atoms with Gasteiger partial charge in [-0.3, -0.25) is 4.18 Å². The molecule has 0 heterocycles. The second kappa shape index (κ2) is 18.5. The summed E-state index contributed by atoms with van der Waals surface area (Å²) in [4.78, 5) is 12.4. The first-order valence-corrected chi connectivity index (χ1v) is 15.1. The van der Waals surface area contributed by atoms with Crippen molar-refractivity contribution in [1.82, 2.24) is 0 Å². The molecule has 2 unspecified atom stereocenters. The summed E-state index contributed by atoms with van der Waals surface area (Å²) in [5.41, 5.74) is 0.0648. The standard InChI is InChI=1S/2C10H15S.C4H6O2.CH4O4S/c2*1-9(2)11(3)10-7-5-4-6-8-10;1-3(2)4(5)6;1-5-6(2,3)4/h2*4-9H,1-3H3;1H2,2H3,(H,5,6);1H3,(H,2,3,4)/q2*+1;;/p-2. The minimum atomic E-state index is -4.41. The number of aliphatic carboxylic acids is 1. The van der Waals surface area contributed by atoms with Crippen molar-refractivity contribution in [1.29, 1.82) is 0 Å². The van der Waals surface area contributed by atoms with Gasteiger partial charge in [0.2, 0.25) is 10.4 Å². The van der Waals surface area contributed by atoms with Crippen LogP contribution >= 0.6 is 0 Å². The van der Waals surface area contributed by atoms with Crippen molar-refractivity contribution < 1.29 is 27.1 Å². The molecule has 9 heteroatoms. The van der Waals surface area contributed by atoms with Crippen molar-refractivity contribution in [3.63, 3.8) is 0 Å². The minimum absolute atomic E-state index is 0.0648. The highest BCUT2D eigenvalue weighted by molar-refractivity contribution is 7.97. The van der Waals surface area contributed by atoms with Crippen molar-refractivity contribution >= 4 is 38.2 Å². The highest BCUT2D eigenvalue weighted by Gasteiger charge is 2.19. The van der Waals surface area contributed by atoms with Crippen LogP contribution in [0.15, 0.2) is 82.6 Å². The van der Waals surface area contributed by atoms with Gasteiger partial charge in [-0.1, -0.05) is 43.0 Å². The molecule has 0 N–H and O–H groups in total. The minimum Gasteiger partial charge on any atom is -0.726 e. The lowest BCUT2D eigenvalue weighted by atomic mass is 10.4. The van der Waals surface area contributed by atoms with E-state index in [9.17, 15) is 22.9 Å². The number of carbonyl (C=O) groups is 1. The van der Waals surface area contributed by atoms with Crippen LogP contribution in [0.25, 0.3) is 0 Å². The zero-order valence-corrected chi connectivity index (χ0v) is 23.8. The Morgan fingerprint density at radius 2 is 1.09 bits per heavy atom. The molecule has 0 aliphatic carbocycles. The van der Waals surface area contributed by atoms with Crippen LogP contribution in [-0.2, 0) is 41.2 Å². The first-order chi connectivity index (χ1) is 15.6. The number of carboxylic acids is 1. The van der Waals surface area contributed by atoms with Gasteiger partial charge in [0.05, 0.1) is 13.1 Å². The van der Waals surface area contributed by atoms with E-state index in [-0.39, 0.29) is 5.57 Å². The van der Waals surface area contributed by atoms with Crippen LogP contribution in [0.2, 0.25) is 0 Å². The van der Waals surface area contributed by atoms with Crippen molar-refractivity contribution in [2.45, 2.75) is 54.9 Å². The maximum atomic E-state index is 9.49. The molecule has 0 aliphatic rings.